The first-order valence-electron chi connectivity index (χ1n) is 13.2. The minimum absolute atomic E-state index is 0.193. The van der Waals surface area contributed by atoms with Gasteiger partial charge in [0.2, 0.25) is 0 Å². The van der Waals surface area contributed by atoms with Crippen LogP contribution in [0.2, 0.25) is 0 Å². The largest absolute Gasteiger partial charge is 0.481 e. The minimum atomic E-state index is -1.24. The maximum atomic E-state index is 14.0. The number of hydrogen-bond acceptors (Lipinski definition) is 6. The van der Waals surface area contributed by atoms with Gasteiger partial charge in [-0.3, -0.25) is 9.59 Å². The van der Waals surface area contributed by atoms with Gasteiger partial charge in [-0.05, 0) is 50.1 Å². The topological polar surface area (TPSA) is 138 Å². The maximum absolute atomic E-state index is 14.0. The number of carbonyl (C=O) groups is 2. The van der Waals surface area contributed by atoms with Crippen molar-refractivity contribution in [1.82, 2.24) is 9.72 Å². The normalized spacial score (nSPS) is 13.0. The highest BCUT2D eigenvalue weighted by Crippen LogP contribution is 2.42. The maximum Gasteiger partial charge on any atom is 0.305 e. The standard InChI is InChI=1S/C31H32FN3O6/c1-18(2)35-25(14-13-23(36)16-24(37)17-27(38)39)28(21-9-11-22(32)12-10-21)29(20-7-5-4-6-8-20)30(35)31(40)33-26-15-19(3)41-34-26/h4-15,18,23-24,36-37H,16-17H2,1-3H3,(H,38,39)(H,33,34,40)/t23-,24-/m1/s1. The van der Waals surface area contributed by atoms with Crippen LogP contribution in [0.15, 0.2) is 71.3 Å². The monoisotopic (exact) mass is 561 g/mol. The molecule has 0 aliphatic heterocycles. The van der Waals surface area contributed by atoms with Crippen molar-refractivity contribution in [3.8, 4) is 22.3 Å². The summed E-state index contributed by atoms with van der Waals surface area (Å²) in [5.74, 6) is -1.28. The molecule has 2 aromatic carbocycles. The van der Waals surface area contributed by atoms with Crippen LogP contribution in [0.25, 0.3) is 28.3 Å². The number of carboxylic acid groups (broad SMARTS) is 1. The fraction of sp³-hybridized carbons (Fsp3) is 0.258. The summed E-state index contributed by atoms with van der Waals surface area (Å²) in [6, 6.07) is 16.6. The molecule has 0 bridgehead atoms. The van der Waals surface area contributed by atoms with Gasteiger partial charge in [0.25, 0.3) is 5.91 Å². The van der Waals surface area contributed by atoms with Crippen LogP contribution in [-0.4, -0.2) is 49.1 Å². The minimum Gasteiger partial charge on any atom is -0.481 e. The zero-order valence-corrected chi connectivity index (χ0v) is 22.9. The van der Waals surface area contributed by atoms with Crippen LogP contribution in [0.1, 0.15) is 54.7 Å². The number of aryl methyl sites for hydroxylation is 1. The number of hydrogen-bond donors (Lipinski definition) is 4. The molecule has 4 aromatic rings. The van der Waals surface area contributed by atoms with E-state index in [0.717, 1.165) is 5.56 Å². The van der Waals surface area contributed by atoms with Gasteiger partial charge < -0.3 is 29.7 Å². The van der Waals surface area contributed by atoms with Crippen molar-refractivity contribution in [2.45, 2.75) is 51.9 Å². The molecular weight excluding hydrogens is 529 g/mol. The summed E-state index contributed by atoms with van der Waals surface area (Å²) in [7, 11) is 0. The predicted octanol–water partition coefficient (Wildman–Crippen LogP) is 5.69. The molecule has 1 amide bonds. The summed E-state index contributed by atoms with van der Waals surface area (Å²) in [6.45, 7) is 5.53. The summed E-state index contributed by atoms with van der Waals surface area (Å²) in [6.07, 6.45) is -0.0203. The number of carboxylic acids is 1. The van der Waals surface area contributed by atoms with Crippen LogP contribution < -0.4 is 5.32 Å². The van der Waals surface area contributed by atoms with Gasteiger partial charge in [-0.1, -0.05) is 53.7 Å². The lowest BCUT2D eigenvalue weighted by Crippen LogP contribution is -2.20. The van der Waals surface area contributed by atoms with Gasteiger partial charge >= 0.3 is 5.97 Å². The van der Waals surface area contributed by atoms with E-state index < -0.39 is 36.3 Å². The van der Waals surface area contributed by atoms with Gasteiger partial charge in [0, 0.05) is 35.3 Å². The molecule has 4 rings (SSSR count). The van der Waals surface area contributed by atoms with Gasteiger partial charge in [0.05, 0.1) is 18.6 Å². The molecule has 10 heteroatoms. The zero-order chi connectivity index (χ0) is 29.7. The lowest BCUT2D eigenvalue weighted by atomic mass is 9.94. The van der Waals surface area contributed by atoms with Crippen molar-refractivity contribution in [3.63, 3.8) is 0 Å². The number of nitrogens with zero attached hydrogens (tertiary/aromatic N) is 2. The van der Waals surface area contributed by atoms with Gasteiger partial charge in [-0.2, -0.15) is 0 Å². The first-order chi connectivity index (χ1) is 19.5. The van der Waals surface area contributed by atoms with E-state index in [4.69, 9.17) is 9.63 Å². The average Bonchev–Trinajstić information content (AvgIpc) is 3.48. The van der Waals surface area contributed by atoms with Gasteiger partial charge in [0.1, 0.15) is 17.3 Å². The van der Waals surface area contributed by atoms with Gasteiger partial charge in [0.15, 0.2) is 5.82 Å². The highest BCUT2D eigenvalue weighted by molar-refractivity contribution is 6.11. The molecule has 0 fully saturated rings. The quantitative estimate of drug-likeness (QED) is 0.185. The average molecular weight is 562 g/mol. The van der Waals surface area contributed by atoms with Crippen LogP contribution in [0.4, 0.5) is 10.2 Å². The Bertz CT molecular complexity index is 1540. The van der Waals surface area contributed by atoms with Crippen LogP contribution in [0.5, 0.6) is 0 Å². The van der Waals surface area contributed by atoms with Gasteiger partial charge in [-0.15, -0.1) is 0 Å². The molecule has 0 saturated carbocycles. The van der Waals surface area contributed by atoms with E-state index in [1.165, 1.54) is 18.2 Å². The molecule has 2 aromatic heterocycles. The SMILES string of the molecule is Cc1cc(NC(=O)c2c(-c3ccccc3)c(-c3ccc(F)cc3)c(C=C[C@@H](O)C[C@@H](O)CC(=O)O)n2C(C)C)no1. The summed E-state index contributed by atoms with van der Waals surface area (Å²) in [5.41, 5.74) is 3.45. The third-order valence-electron chi connectivity index (χ3n) is 6.44. The highest BCUT2D eigenvalue weighted by Gasteiger charge is 2.30. The third kappa shape index (κ3) is 6.97. The second-order valence-electron chi connectivity index (χ2n) is 10.0. The molecule has 0 aliphatic carbocycles. The van der Waals surface area contributed by atoms with Crippen LogP contribution in [0.3, 0.4) is 0 Å². The Morgan fingerprint density at radius 1 is 1.05 bits per heavy atom. The molecule has 214 valence electrons. The predicted molar refractivity (Wildman–Crippen MR) is 153 cm³/mol. The van der Waals surface area contributed by atoms with E-state index >= 15 is 0 Å². The molecule has 41 heavy (non-hydrogen) atoms. The number of aliphatic carboxylic acids is 1. The van der Waals surface area contributed by atoms with Crippen molar-refractivity contribution < 1.29 is 33.8 Å². The first kappa shape index (κ1) is 29.4. The molecular formula is C31H32FN3O6. The molecule has 4 N–H and O–H groups in total. The Labute approximate surface area is 236 Å². The van der Waals surface area contributed by atoms with E-state index in [-0.39, 0.29) is 18.3 Å². The third-order valence-corrected chi connectivity index (χ3v) is 6.44. The number of amides is 1. The van der Waals surface area contributed by atoms with E-state index in [1.807, 2.05) is 48.7 Å². The summed E-state index contributed by atoms with van der Waals surface area (Å²) >= 11 is 0. The van der Waals surface area contributed by atoms with Crippen LogP contribution in [-0.2, 0) is 4.79 Å². The van der Waals surface area contributed by atoms with Crippen molar-refractivity contribution in [3.05, 3.63) is 89.7 Å². The Balaban J connectivity index is 1.95. The Morgan fingerprint density at radius 2 is 1.71 bits per heavy atom. The first-order valence-corrected chi connectivity index (χ1v) is 13.2. The van der Waals surface area contributed by atoms with Gasteiger partial charge in [-0.25, -0.2) is 4.39 Å². The number of nitrogens with one attached hydrogen (secondary N) is 1. The second-order valence-corrected chi connectivity index (χ2v) is 10.0. The van der Waals surface area contributed by atoms with Crippen LogP contribution in [0, 0.1) is 12.7 Å². The summed E-state index contributed by atoms with van der Waals surface area (Å²) < 4.78 is 20.9. The summed E-state index contributed by atoms with van der Waals surface area (Å²) in [4.78, 5) is 24.9. The lowest BCUT2D eigenvalue weighted by molar-refractivity contribution is -0.139. The van der Waals surface area contributed by atoms with Crippen molar-refractivity contribution in [1.29, 1.82) is 0 Å². The fourth-order valence-electron chi connectivity index (χ4n) is 4.77. The molecule has 2 atom stereocenters. The van der Waals surface area contributed by atoms with Crippen molar-refractivity contribution in [2.75, 3.05) is 5.32 Å². The molecule has 0 unspecified atom stereocenters. The molecule has 0 saturated heterocycles. The lowest BCUT2D eigenvalue weighted by Gasteiger charge is -2.17. The van der Waals surface area contributed by atoms with E-state index in [1.54, 1.807) is 31.2 Å². The number of carbonyl (C=O) groups excluding carboxylic acids is 1. The molecule has 9 nitrogen and oxygen atoms in total. The zero-order valence-electron chi connectivity index (χ0n) is 22.9. The summed E-state index contributed by atoms with van der Waals surface area (Å²) in [5, 5.41) is 36.3. The number of aromatic nitrogens is 2. The van der Waals surface area contributed by atoms with Crippen molar-refractivity contribution in [2.24, 2.45) is 0 Å². The highest BCUT2D eigenvalue weighted by atomic mass is 19.1. The number of aliphatic hydroxyl groups excluding tert-OH is 2. The molecule has 2 heterocycles. The Hall–Kier alpha value is -4.54. The molecule has 0 radical (unpaired) electrons. The number of aliphatic hydroxyl groups is 2. The van der Waals surface area contributed by atoms with E-state index in [0.29, 0.717) is 33.8 Å². The number of benzene rings is 2. The Morgan fingerprint density at radius 3 is 2.29 bits per heavy atom. The number of rotatable bonds is 11. The van der Waals surface area contributed by atoms with E-state index in [9.17, 15) is 24.2 Å². The smallest absolute Gasteiger partial charge is 0.305 e. The van der Waals surface area contributed by atoms with E-state index in [2.05, 4.69) is 10.5 Å². The van der Waals surface area contributed by atoms with Crippen molar-refractivity contribution >= 4 is 23.8 Å². The number of halogens is 1. The second kappa shape index (κ2) is 12.8. The number of anilines is 1. The Kier molecular flexibility index (Phi) is 9.16. The fourth-order valence-corrected chi connectivity index (χ4v) is 4.77. The molecule has 0 aliphatic rings. The van der Waals surface area contributed by atoms with Crippen LogP contribution >= 0.6 is 0 Å². The molecule has 0 spiro atoms.